The number of carbonyl (C=O) groups excluding carboxylic acids is 2. The van der Waals surface area contributed by atoms with Crippen LogP contribution in [0.3, 0.4) is 0 Å². The van der Waals surface area contributed by atoms with Gasteiger partial charge in [0.1, 0.15) is 0 Å². The molecule has 0 spiro atoms. The molecule has 0 saturated heterocycles. The fraction of sp³-hybridized carbons (Fsp3) is 0.259. The number of aromatic nitrogens is 2. The quantitative estimate of drug-likeness (QED) is 0.222. The fourth-order valence-electron chi connectivity index (χ4n) is 4.15. The zero-order chi connectivity index (χ0) is 27.2. The highest BCUT2D eigenvalue weighted by atomic mass is 32.1. The maximum Gasteiger partial charge on any atom is 0.337 e. The van der Waals surface area contributed by atoms with Crippen molar-refractivity contribution in [3.8, 4) is 0 Å². The van der Waals surface area contributed by atoms with Gasteiger partial charge in [-0.25, -0.2) is 19.6 Å². The molecule has 0 radical (unpaired) electrons. The lowest BCUT2D eigenvalue weighted by molar-refractivity contribution is 0.0599. The molecule has 11 heteroatoms. The molecule has 0 amide bonds. The Morgan fingerprint density at radius 3 is 2.13 bits per heavy atom. The lowest BCUT2D eigenvalue weighted by Gasteiger charge is -2.31. The highest BCUT2D eigenvalue weighted by Gasteiger charge is 2.21. The van der Waals surface area contributed by atoms with Gasteiger partial charge in [-0.2, -0.15) is 4.99 Å². The molecule has 1 aliphatic heterocycles. The number of benzene rings is 2. The van der Waals surface area contributed by atoms with E-state index in [0.29, 0.717) is 30.7 Å². The van der Waals surface area contributed by atoms with Crippen molar-refractivity contribution in [3.63, 3.8) is 0 Å². The molecule has 2 heterocycles. The Hall–Kier alpha value is -4.38. The van der Waals surface area contributed by atoms with Gasteiger partial charge in [-0.3, -0.25) is 5.32 Å². The van der Waals surface area contributed by atoms with Crippen LogP contribution in [0.4, 0.5) is 11.6 Å². The fourth-order valence-corrected chi connectivity index (χ4v) is 4.36. The molecule has 0 aliphatic carbocycles. The Kier molecular flexibility index (Phi) is 8.27. The molecule has 0 atom stereocenters. The van der Waals surface area contributed by atoms with Gasteiger partial charge in [-0.05, 0) is 67.9 Å². The summed E-state index contributed by atoms with van der Waals surface area (Å²) in [5.41, 5.74) is 4.84. The van der Waals surface area contributed by atoms with Crippen molar-refractivity contribution in [3.05, 3.63) is 82.2 Å². The summed E-state index contributed by atoms with van der Waals surface area (Å²) in [5.74, 6) is -0.327. The summed E-state index contributed by atoms with van der Waals surface area (Å²) in [7, 11) is 2.53. The number of nitrogens with one attached hydrogen (secondary N) is 2. The average Bonchev–Trinajstić information content (AvgIpc) is 2.90. The Morgan fingerprint density at radius 2 is 1.53 bits per heavy atom. The van der Waals surface area contributed by atoms with Crippen LogP contribution in [0.15, 0.2) is 53.5 Å². The third-order valence-electron chi connectivity index (χ3n) is 5.87. The Labute approximate surface area is 226 Å². The number of guanidine groups is 1. The van der Waals surface area contributed by atoms with Crippen molar-refractivity contribution >= 4 is 46.9 Å². The van der Waals surface area contributed by atoms with Crippen molar-refractivity contribution in [1.29, 1.82) is 0 Å². The summed E-state index contributed by atoms with van der Waals surface area (Å²) >= 11 is 5.56. The summed E-state index contributed by atoms with van der Waals surface area (Å²) in [6.45, 7) is 5.13. The van der Waals surface area contributed by atoms with Gasteiger partial charge in [0.25, 0.3) is 0 Å². The third kappa shape index (κ3) is 6.48. The lowest BCUT2D eigenvalue weighted by Crippen LogP contribution is -2.41. The molecule has 0 fully saturated rings. The highest BCUT2D eigenvalue weighted by Crippen LogP contribution is 2.21. The molecule has 0 saturated carbocycles. The first kappa shape index (κ1) is 26.7. The van der Waals surface area contributed by atoms with E-state index in [-0.39, 0.29) is 16.2 Å². The van der Waals surface area contributed by atoms with E-state index in [2.05, 4.69) is 42.6 Å². The second-order valence-corrected chi connectivity index (χ2v) is 9.07. The van der Waals surface area contributed by atoms with Gasteiger partial charge in [0.2, 0.25) is 17.0 Å². The van der Waals surface area contributed by atoms with E-state index in [1.165, 1.54) is 43.5 Å². The Bertz CT molecular complexity index is 1370. The number of ether oxygens (including phenoxy) is 2. The number of esters is 2. The van der Waals surface area contributed by atoms with E-state index in [1.807, 2.05) is 32.0 Å². The molecule has 0 bridgehead atoms. The van der Waals surface area contributed by atoms with Crippen LogP contribution in [0.25, 0.3) is 0 Å². The van der Waals surface area contributed by atoms with Crippen molar-refractivity contribution in [1.82, 2.24) is 14.9 Å². The summed E-state index contributed by atoms with van der Waals surface area (Å²) in [6, 6.07) is 14.6. The second kappa shape index (κ2) is 11.8. The van der Waals surface area contributed by atoms with Crippen molar-refractivity contribution in [2.24, 2.45) is 4.99 Å². The SMILES string of the molecule is COC(=O)c1cc(NC(=S)/N=C(/Nc2nc(C)cc(C)n2)N2CCc3ccccc3C2)cc(C(=O)OC)c1. The minimum atomic E-state index is -0.602. The number of rotatable bonds is 4. The number of fused-ring (bicyclic) bond motifs is 1. The second-order valence-electron chi connectivity index (χ2n) is 8.69. The minimum absolute atomic E-state index is 0.105. The summed E-state index contributed by atoms with van der Waals surface area (Å²) in [6.07, 6.45) is 0.842. The van der Waals surface area contributed by atoms with Gasteiger partial charge in [-0.15, -0.1) is 0 Å². The lowest BCUT2D eigenvalue weighted by atomic mass is 10.0. The number of carbonyl (C=O) groups is 2. The van der Waals surface area contributed by atoms with Crippen LogP contribution in [0.5, 0.6) is 0 Å². The van der Waals surface area contributed by atoms with Crippen LogP contribution in [0.1, 0.15) is 43.2 Å². The van der Waals surface area contributed by atoms with Gasteiger partial charge in [-0.1, -0.05) is 24.3 Å². The molecular formula is C27H28N6O4S. The first-order valence-electron chi connectivity index (χ1n) is 11.9. The van der Waals surface area contributed by atoms with E-state index in [4.69, 9.17) is 21.7 Å². The zero-order valence-corrected chi connectivity index (χ0v) is 22.4. The molecule has 4 rings (SSSR count). The molecule has 1 aromatic heterocycles. The maximum atomic E-state index is 12.2. The van der Waals surface area contributed by atoms with E-state index in [1.54, 1.807) is 0 Å². The molecule has 0 unspecified atom stereocenters. The largest absolute Gasteiger partial charge is 0.465 e. The van der Waals surface area contributed by atoms with Crippen molar-refractivity contribution < 1.29 is 19.1 Å². The van der Waals surface area contributed by atoms with Crippen LogP contribution in [-0.4, -0.2) is 58.6 Å². The molecule has 38 heavy (non-hydrogen) atoms. The number of hydrogen-bond acceptors (Lipinski definition) is 7. The van der Waals surface area contributed by atoms with Crippen LogP contribution in [0, 0.1) is 13.8 Å². The molecule has 2 aromatic carbocycles. The van der Waals surface area contributed by atoms with Gasteiger partial charge in [0.05, 0.1) is 25.3 Å². The summed E-state index contributed by atoms with van der Waals surface area (Å²) in [4.78, 5) is 40.0. The number of methoxy groups -OCH3 is 2. The monoisotopic (exact) mass is 532 g/mol. The first-order chi connectivity index (χ1) is 18.2. The van der Waals surface area contributed by atoms with Crippen LogP contribution in [0.2, 0.25) is 0 Å². The topological polar surface area (TPSA) is 118 Å². The zero-order valence-electron chi connectivity index (χ0n) is 21.6. The first-order valence-corrected chi connectivity index (χ1v) is 12.3. The van der Waals surface area contributed by atoms with Gasteiger partial charge in [0.15, 0.2) is 0 Å². The van der Waals surface area contributed by atoms with E-state index >= 15 is 0 Å². The summed E-state index contributed by atoms with van der Waals surface area (Å²) in [5, 5.41) is 6.34. The third-order valence-corrected chi connectivity index (χ3v) is 6.06. The number of thiocarbonyl (C=S) groups is 1. The van der Waals surface area contributed by atoms with Crippen LogP contribution >= 0.6 is 12.2 Å². The van der Waals surface area contributed by atoms with Crippen LogP contribution < -0.4 is 10.6 Å². The van der Waals surface area contributed by atoms with Gasteiger partial charge < -0.3 is 19.7 Å². The number of aliphatic imine (C=N–C) groups is 1. The Morgan fingerprint density at radius 1 is 0.921 bits per heavy atom. The summed E-state index contributed by atoms with van der Waals surface area (Å²) < 4.78 is 9.63. The van der Waals surface area contributed by atoms with Crippen LogP contribution in [-0.2, 0) is 22.4 Å². The molecule has 196 valence electrons. The normalized spacial score (nSPS) is 12.8. The smallest absolute Gasteiger partial charge is 0.337 e. The van der Waals surface area contributed by atoms with E-state index in [9.17, 15) is 9.59 Å². The Balaban J connectivity index is 1.66. The average molecular weight is 533 g/mol. The highest BCUT2D eigenvalue weighted by molar-refractivity contribution is 7.80. The minimum Gasteiger partial charge on any atom is -0.465 e. The predicted octanol–water partition coefficient (Wildman–Crippen LogP) is 3.89. The maximum absolute atomic E-state index is 12.2. The van der Waals surface area contributed by atoms with E-state index < -0.39 is 11.9 Å². The number of hydrogen-bond donors (Lipinski definition) is 2. The van der Waals surface area contributed by atoms with Gasteiger partial charge >= 0.3 is 11.9 Å². The predicted molar refractivity (Wildman–Crippen MR) is 148 cm³/mol. The number of anilines is 2. The molecular weight excluding hydrogens is 504 g/mol. The van der Waals surface area contributed by atoms with E-state index in [0.717, 1.165) is 17.8 Å². The van der Waals surface area contributed by atoms with Crippen molar-refractivity contribution in [2.45, 2.75) is 26.8 Å². The van der Waals surface area contributed by atoms with Crippen molar-refractivity contribution in [2.75, 3.05) is 31.4 Å². The molecule has 3 aromatic rings. The molecule has 1 aliphatic rings. The molecule has 2 N–H and O–H groups in total. The number of aryl methyl sites for hydroxylation is 2. The number of nitrogens with zero attached hydrogens (tertiary/aromatic N) is 4. The molecule has 10 nitrogen and oxygen atoms in total. The standard InChI is InChI=1S/C27H28N6O4S/c1-16-11-17(2)29-25(28-16)31-26(33-10-9-18-7-5-6-8-19(18)15-33)32-27(38)30-22-13-20(23(34)36-3)12-21(14-22)24(35)37-4/h5-8,11-14H,9-10,15H2,1-4H3,(H2,28,29,30,31,32,38). The van der Waals surface area contributed by atoms with Gasteiger partial charge in [0, 0.05) is 30.2 Å².